The van der Waals surface area contributed by atoms with Crippen molar-refractivity contribution in [3.05, 3.63) is 27.4 Å². The molecule has 1 saturated heterocycles. The predicted octanol–water partition coefficient (Wildman–Crippen LogP) is 1.86. The number of nitrogens with one attached hydrogen (secondary N) is 1. The molecule has 0 aromatic carbocycles. The van der Waals surface area contributed by atoms with Crippen LogP contribution in [0.4, 0.5) is 0 Å². The molecular formula is C10H12ClN5S. The quantitative estimate of drug-likeness (QED) is 0.924. The molecule has 0 saturated carbocycles. The summed E-state index contributed by atoms with van der Waals surface area (Å²) in [7, 11) is 0. The summed E-state index contributed by atoms with van der Waals surface area (Å²) in [4.78, 5) is 4.19. The van der Waals surface area contributed by atoms with Crippen LogP contribution >= 0.6 is 22.9 Å². The van der Waals surface area contributed by atoms with Crippen molar-refractivity contribution in [1.82, 2.24) is 25.3 Å². The molecule has 2 aromatic rings. The Balaban J connectivity index is 1.71. The molecule has 17 heavy (non-hydrogen) atoms. The molecule has 0 unspecified atom stereocenters. The fraction of sp³-hybridized carbons (Fsp3) is 0.500. The number of rotatable bonds is 3. The lowest BCUT2D eigenvalue weighted by Crippen LogP contribution is -2.13. The van der Waals surface area contributed by atoms with E-state index in [2.05, 4.69) is 20.6 Å². The van der Waals surface area contributed by atoms with Crippen LogP contribution in [0.5, 0.6) is 0 Å². The van der Waals surface area contributed by atoms with Crippen molar-refractivity contribution in [2.45, 2.75) is 25.4 Å². The number of nitrogens with zero attached hydrogens (tertiary/aromatic N) is 4. The Bertz CT molecular complexity index is 502. The third-order valence-electron chi connectivity index (χ3n) is 2.82. The van der Waals surface area contributed by atoms with Crippen molar-refractivity contribution < 1.29 is 0 Å². The molecule has 0 radical (unpaired) electrons. The predicted molar refractivity (Wildman–Crippen MR) is 66.2 cm³/mol. The third kappa shape index (κ3) is 2.48. The van der Waals surface area contributed by atoms with Gasteiger partial charge in [0.25, 0.3) is 0 Å². The van der Waals surface area contributed by atoms with Gasteiger partial charge in [-0.3, -0.25) is 0 Å². The number of aromatic nitrogens is 4. The van der Waals surface area contributed by atoms with Gasteiger partial charge in [0.15, 0.2) is 4.47 Å². The van der Waals surface area contributed by atoms with Crippen molar-refractivity contribution >= 4 is 22.9 Å². The zero-order chi connectivity index (χ0) is 11.7. The zero-order valence-corrected chi connectivity index (χ0v) is 10.7. The lowest BCUT2D eigenvalue weighted by Gasteiger charge is -2.03. The average molecular weight is 270 g/mol. The van der Waals surface area contributed by atoms with Crippen LogP contribution < -0.4 is 5.32 Å². The monoisotopic (exact) mass is 269 g/mol. The van der Waals surface area contributed by atoms with E-state index in [1.165, 1.54) is 17.8 Å². The number of halogens is 1. The van der Waals surface area contributed by atoms with E-state index in [-0.39, 0.29) is 0 Å². The lowest BCUT2D eigenvalue weighted by molar-refractivity contribution is 0.620. The molecule has 1 N–H and O–H groups in total. The highest BCUT2D eigenvalue weighted by Gasteiger charge is 2.19. The van der Waals surface area contributed by atoms with Gasteiger partial charge < -0.3 is 5.32 Å². The SMILES string of the molecule is Clc1nc(Cn2cc([C@@H]3CCCN3)nn2)cs1. The fourth-order valence-corrected chi connectivity index (χ4v) is 2.78. The highest BCUT2D eigenvalue weighted by atomic mass is 35.5. The van der Waals surface area contributed by atoms with Gasteiger partial charge in [-0.2, -0.15) is 0 Å². The Labute approximate surface area is 108 Å². The molecule has 0 amide bonds. The van der Waals surface area contributed by atoms with E-state index >= 15 is 0 Å². The topological polar surface area (TPSA) is 55.6 Å². The van der Waals surface area contributed by atoms with Gasteiger partial charge in [0, 0.05) is 5.38 Å². The normalized spacial score (nSPS) is 19.9. The molecule has 3 rings (SSSR count). The van der Waals surface area contributed by atoms with Crippen LogP contribution in [0.1, 0.15) is 30.3 Å². The number of hydrogen-bond acceptors (Lipinski definition) is 5. The Hall–Kier alpha value is -0.980. The molecule has 1 aliphatic rings. The summed E-state index contributed by atoms with van der Waals surface area (Å²) in [6.45, 7) is 1.70. The van der Waals surface area contributed by atoms with E-state index in [1.807, 2.05) is 11.6 Å². The van der Waals surface area contributed by atoms with Gasteiger partial charge in [-0.25, -0.2) is 9.67 Å². The summed E-state index contributed by atoms with van der Waals surface area (Å²) >= 11 is 7.22. The first-order valence-corrected chi connectivity index (χ1v) is 6.80. The van der Waals surface area contributed by atoms with Crippen LogP contribution in [-0.2, 0) is 6.54 Å². The first kappa shape index (κ1) is 11.1. The average Bonchev–Trinajstić information content (AvgIpc) is 3.00. The van der Waals surface area contributed by atoms with E-state index < -0.39 is 0 Å². The molecule has 7 heteroatoms. The van der Waals surface area contributed by atoms with Crippen LogP contribution in [0.2, 0.25) is 4.47 Å². The molecule has 0 spiro atoms. The van der Waals surface area contributed by atoms with E-state index in [9.17, 15) is 0 Å². The fourth-order valence-electron chi connectivity index (χ4n) is 2.01. The third-order valence-corrected chi connectivity index (χ3v) is 3.85. The molecule has 3 heterocycles. The smallest absolute Gasteiger partial charge is 0.183 e. The molecule has 0 aliphatic carbocycles. The van der Waals surface area contributed by atoms with Crippen LogP contribution in [0.15, 0.2) is 11.6 Å². The summed E-state index contributed by atoms with van der Waals surface area (Å²) < 4.78 is 2.37. The van der Waals surface area contributed by atoms with Crippen LogP contribution in [0, 0.1) is 0 Å². The van der Waals surface area contributed by atoms with E-state index in [1.54, 1.807) is 4.68 Å². The highest BCUT2D eigenvalue weighted by Crippen LogP contribution is 2.21. The van der Waals surface area contributed by atoms with Gasteiger partial charge in [-0.1, -0.05) is 16.8 Å². The summed E-state index contributed by atoms with van der Waals surface area (Å²) in [5, 5.41) is 13.7. The molecule has 1 atom stereocenters. The number of hydrogen-bond donors (Lipinski definition) is 1. The maximum atomic E-state index is 5.79. The van der Waals surface area contributed by atoms with Crippen molar-refractivity contribution in [2.75, 3.05) is 6.54 Å². The van der Waals surface area contributed by atoms with E-state index in [0.29, 0.717) is 17.1 Å². The van der Waals surface area contributed by atoms with E-state index in [0.717, 1.165) is 24.4 Å². The molecular weight excluding hydrogens is 258 g/mol. The molecule has 0 bridgehead atoms. The Kier molecular flexibility index (Phi) is 3.09. The minimum absolute atomic E-state index is 0.364. The summed E-state index contributed by atoms with van der Waals surface area (Å²) in [5.41, 5.74) is 1.94. The first-order chi connectivity index (χ1) is 8.31. The van der Waals surface area contributed by atoms with Gasteiger partial charge in [0.2, 0.25) is 0 Å². The summed E-state index contributed by atoms with van der Waals surface area (Å²) in [6.07, 6.45) is 4.33. The molecule has 90 valence electrons. The Morgan fingerprint density at radius 2 is 2.53 bits per heavy atom. The summed E-state index contributed by atoms with van der Waals surface area (Å²) in [6, 6.07) is 0.364. The van der Waals surface area contributed by atoms with Crippen LogP contribution in [-0.4, -0.2) is 26.5 Å². The Morgan fingerprint density at radius 3 is 3.24 bits per heavy atom. The second-order valence-electron chi connectivity index (χ2n) is 4.08. The van der Waals surface area contributed by atoms with Crippen molar-refractivity contribution in [2.24, 2.45) is 0 Å². The lowest BCUT2D eigenvalue weighted by atomic mass is 10.2. The van der Waals surface area contributed by atoms with Crippen molar-refractivity contribution in [1.29, 1.82) is 0 Å². The van der Waals surface area contributed by atoms with Crippen LogP contribution in [0.25, 0.3) is 0 Å². The van der Waals surface area contributed by atoms with Gasteiger partial charge in [-0.05, 0) is 19.4 Å². The van der Waals surface area contributed by atoms with Gasteiger partial charge in [0.1, 0.15) is 0 Å². The zero-order valence-electron chi connectivity index (χ0n) is 9.14. The van der Waals surface area contributed by atoms with Crippen molar-refractivity contribution in [3.63, 3.8) is 0 Å². The maximum Gasteiger partial charge on any atom is 0.183 e. The molecule has 1 aliphatic heterocycles. The molecule has 1 fully saturated rings. The van der Waals surface area contributed by atoms with Crippen LogP contribution in [0.3, 0.4) is 0 Å². The molecule has 5 nitrogen and oxygen atoms in total. The Morgan fingerprint density at radius 1 is 1.59 bits per heavy atom. The summed E-state index contributed by atoms with van der Waals surface area (Å²) in [5.74, 6) is 0. The second kappa shape index (κ2) is 4.72. The van der Waals surface area contributed by atoms with Crippen molar-refractivity contribution in [3.8, 4) is 0 Å². The van der Waals surface area contributed by atoms with Gasteiger partial charge in [-0.15, -0.1) is 16.4 Å². The maximum absolute atomic E-state index is 5.79. The first-order valence-electron chi connectivity index (χ1n) is 5.54. The minimum Gasteiger partial charge on any atom is -0.309 e. The van der Waals surface area contributed by atoms with Gasteiger partial charge in [0.05, 0.1) is 30.2 Å². The number of thiazole rings is 1. The highest BCUT2D eigenvalue weighted by molar-refractivity contribution is 7.13. The second-order valence-corrected chi connectivity index (χ2v) is 5.52. The largest absolute Gasteiger partial charge is 0.309 e. The minimum atomic E-state index is 0.364. The molecule has 2 aromatic heterocycles. The van der Waals surface area contributed by atoms with E-state index in [4.69, 9.17) is 11.6 Å². The standard InChI is InChI=1S/C10H12ClN5S/c11-10-13-7(6-17-10)4-16-5-9(14-15-16)8-2-1-3-12-8/h5-6,8,12H,1-4H2/t8-/m0/s1. The van der Waals surface area contributed by atoms with Gasteiger partial charge >= 0.3 is 0 Å².